The molecule has 1 heterocycles. The van der Waals surface area contributed by atoms with Gasteiger partial charge >= 0.3 is 0 Å². The Morgan fingerprint density at radius 2 is 1.87 bits per heavy atom. The Kier molecular flexibility index (Phi) is 2.55. The van der Waals surface area contributed by atoms with Crippen LogP contribution < -0.4 is 0 Å². The fourth-order valence-electron chi connectivity index (χ4n) is 1.67. The second kappa shape index (κ2) is 3.85. The minimum Gasteiger partial charge on any atom is -0.268 e. The molecule has 76 valence electrons. The molecule has 0 saturated heterocycles. The molecule has 0 aliphatic carbocycles. The van der Waals surface area contributed by atoms with Crippen LogP contribution in [0, 0.1) is 0 Å². The zero-order chi connectivity index (χ0) is 10.7. The fourth-order valence-corrected chi connectivity index (χ4v) is 1.67. The van der Waals surface area contributed by atoms with E-state index >= 15 is 0 Å². The number of nitrogens with zero attached hydrogens (tertiary/aromatic N) is 1. The van der Waals surface area contributed by atoms with Crippen LogP contribution in [0.2, 0.25) is 0 Å². The maximum Gasteiger partial charge on any atom is 0.0460 e. The molecule has 0 fully saturated rings. The van der Waals surface area contributed by atoms with Crippen LogP contribution in [-0.4, -0.2) is 6.21 Å². The summed E-state index contributed by atoms with van der Waals surface area (Å²) in [5, 5.41) is 0. The van der Waals surface area contributed by atoms with Crippen LogP contribution in [0.4, 0.5) is 0 Å². The van der Waals surface area contributed by atoms with E-state index in [1.807, 2.05) is 18.5 Å². The molecule has 0 aromatic heterocycles. The van der Waals surface area contributed by atoms with Crippen molar-refractivity contribution in [1.82, 2.24) is 0 Å². The number of hydrogen-bond acceptors (Lipinski definition) is 1. The minimum absolute atomic E-state index is 0.0878. The monoisotopic (exact) mass is 197 g/mol. The van der Waals surface area contributed by atoms with Crippen molar-refractivity contribution in [2.45, 2.75) is 19.3 Å². The first-order chi connectivity index (χ1) is 7.21. The Bertz CT molecular complexity index is 426. The molecule has 1 aliphatic rings. The van der Waals surface area contributed by atoms with Crippen LogP contribution in [0.1, 0.15) is 19.4 Å². The smallest absolute Gasteiger partial charge is 0.0460 e. The van der Waals surface area contributed by atoms with Crippen LogP contribution in [0.3, 0.4) is 0 Å². The topological polar surface area (TPSA) is 12.4 Å². The van der Waals surface area contributed by atoms with Gasteiger partial charge in [0.05, 0.1) is 0 Å². The number of allylic oxidation sites excluding steroid dienone is 3. The molecule has 0 N–H and O–H groups in total. The van der Waals surface area contributed by atoms with Crippen LogP contribution >= 0.6 is 0 Å². The average molecular weight is 197 g/mol. The van der Waals surface area contributed by atoms with Gasteiger partial charge in [-0.25, -0.2) is 0 Å². The summed E-state index contributed by atoms with van der Waals surface area (Å²) in [6, 6.07) is 10.4. The van der Waals surface area contributed by atoms with Crippen LogP contribution in [0.15, 0.2) is 59.2 Å². The lowest BCUT2D eigenvalue weighted by atomic mass is 9.83. The second-order valence-electron chi connectivity index (χ2n) is 4.13. The van der Waals surface area contributed by atoms with Gasteiger partial charge in [-0.1, -0.05) is 42.5 Å². The third-order valence-corrected chi connectivity index (χ3v) is 2.71. The van der Waals surface area contributed by atoms with E-state index in [4.69, 9.17) is 0 Å². The molecule has 1 aromatic rings. The van der Waals surface area contributed by atoms with Gasteiger partial charge < -0.3 is 0 Å². The van der Waals surface area contributed by atoms with Gasteiger partial charge in [0.1, 0.15) is 0 Å². The Labute approximate surface area is 90.9 Å². The summed E-state index contributed by atoms with van der Waals surface area (Å²) >= 11 is 0. The van der Waals surface area contributed by atoms with E-state index in [9.17, 15) is 0 Å². The zero-order valence-electron chi connectivity index (χ0n) is 9.14. The van der Waals surface area contributed by atoms with Crippen molar-refractivity contribution in [3.63, 3.8) is 0 Å². The lowest BCUT2D eigenvalue weighted by Crippen LogP contribution is -2.20. The fraction of sp³-hybridized carbons (Fsp3) is 0.214. The van der Waals surface area contributed by atoms with E-state index in [1.54, 1.807) is 0 Å². The van der Waals surface area contributed by atoms with Gasteiger partial charge in [0, 0.05) is 17.8 Å². The molecule has 0 spiro atoms. The number of rotatable bonds is 1. The highest BCUT2D eigenvalue weighted by atomic mass is 14.7. The van der Waals surface area contributed by atoms with Crippen molar-refractivity contribution >= 4 is 6.21 Å². The number of benzene rings is 1. The largest absolute Gasteiger partial charge is 0.268 e. The lowest BCUT2D eigenvalue weighted by Gasteiger charge is -2.20. The predicted octanol–water partition coefficient (Wildman–Crippen LogP) is 3.49. The molecule has 1 aromatic carbocycles. The van der Waals surface area contributed by atoms with E-state index in [-0.39, 0.29) is 5.41 Å². The normalized spacial score (nSPS) is 24.8. The van der Waals surface area contributed by atoms with Crippen molar-refractivity contribution in [2.75, 3.05) is 0 Å². The summed E-state index contributed by atoms with van der Waals surface area (Å²) in [7, 11) is 0. The molecule has 0 bridgehead atoms. The third-order valence-electron chi connectivity index (χ3n) is 2.71. The maximum atomic E-state index is 4.33. The summed E-state index contributed by atoms with van der Waals surface area (Å²) < 4.78 is 0. The van der Waals surface area contributed by atoms with Crippen LogP contribution in [0.5, 0.6) is 0 Å². The molecule has 1 aliphatic heterocycles. The highest BCUT2D eigenvalue weighted by molar-refractivity contribution is 5.77. The molecule has 0 amide bonds. The molecule has 1 unspecified atom stereocenters. The molecule has 1 nitrogen and oxygen atoms in total. The molecule has 1 heteroatoms. The molecule has 1 atom stereocenters. The summed E-state index contributed by atoms with van der Waals surface area (Å²) in [6.07, 6.45) is 8.21. The van der Waals surface area contributed by atoms with E-state index in [0.29, 0.717) is 0 Å². The average Bonchev–Trinajstić information content (AvgIpc) is 2.44. The molecule has 0 saturated carbocycles. The first-order valence-electron chi connectivity index (χ1n) is 5.17. The highest BCUT2D eigenvalue weighted by Crippen LogP contribution is 2.25. The van der Waals surface area contributed by atoms with Gasteiger partial charge in [-0.3, -0.25) is 4.99 Å². The third kappa shape index (κ3) is 2.07. The second-order valence-corrected chi connectivity index (χ2v) is 4.13. The van der Waals surface area contributed by atoms with Crippen LogP contribution in [-0.2, 0) is 5.41 Å². The molecule has 0 radical (unpaired) electrons. The first kappa shape index (κ1) is 9.91. The lowest BCUT2D eigenvalue weighted by molar-refractivity contribution is 0.829. The van der Waals surface area contributed by atoms with Gasteiger partial charge in [0.2, 0.25) is 0 Å². The maximum absolute atomic E-state index is 4.33. The predicted molar refractivity (Wildman–Crippen MR) is 65.2 cm³/mol. The van der Waals surface area contributed by atoms with Gasteiger partial charge in [0.15, 0.2) is 0 Å². The first-order valence-corrected chi connectivity index (χ1v) is 5.17. The quantitative estimate of drug-likeness (QED) is 0.653. The summed E-state index contributed by atoms with van der Waals surface area (Å²) in [4.78, 5) is 4.33. The molecule has 15 heavy (non-hydrogen) atoms. The minimum atomic E-state index is -0.0878. The van der Waals surface area contributed by atoms with E-state index in [1.165, 1.54) is 11.1 Å². The van der Waals surface area contributed by atoms with Gasteiger partial charge in [-0.05, 0) is 25.0 Å². The SMILES string of the molecule is CC1=CN=CC(C)(c2ccccc2)C=C1. The van der Waals surface area contributed by atoms with Gasteiger partial charge in [-0.15, -0.1) is 0 Å². The summed E-state index contributed by atoms with van der Waals surface area (Å²) in [6.45, 7) is 4.24. The van der Waals surface area contributed by atoms with Crippen LogP contribution in [0.25, 0.3) is 0 Å². The molecular formula is C14H15N. The number of aliphatic imine (C=N–C) groups is 1. The molecule has 2 rings (SSSR count). The van der Waals surface area contributed by atoms with E-state index < -0.39 is 0 Å². The van der Waals surface area contributed by atoms with Gasteiger partial charge in [0.25, 0.3) is 0 Å². The van der Waals surface area contributed by atoms with Crippen molar-refractivity contribution < 1.29 is 0 Å². The number of hydrogen-bond donors (Lipinski definition) is 0. The van der Waals surface area contributed by atoms with Gasteiger partial charge in [-0.2, -0.15) is 0 Å². The highest BCUT2D eigenvalue weighted by Gasteiger charge is 2.21. The summed E-state index contributed by atoms with van der Waals surface area (Å²) in [5.41, 5.74) is 2.37. The Morgan fingerprint density at radius 1 is 1.13 bits per heavy atom. The van der Waals surface area contributed by atoms with Crippen molar-refractivity contribution in [2.24, 2.45) is 4.99 Å². The van der Waals surface area contributed by atoms with E-state index in [2.05, 4.69) is 55.3 Å². The molecular weight excluding hydrogens is 182 g/mol. The Balaban J connectivity index is 2.41. The van der Waals surface area contributed by atoms with E-state index in [0.717, 1.165) is 0 Å². The Morgan fingerprint density at radius 3 is 2.60 bits per heavy atom. The Hall–Kier alpha value is -1.63. The standard InChI is InChI=1S/C14H15N/c1-12-8-9-14(2,11-15-10-12)13-6-4-3-5-7-13/h3-11H,1-2H3. The van der Waals surface area contributed by atoms with Crippen molar-refractivity contribution in [3.8, 4) is 0 Å². The van der Waals surface area contributed by atoms with Crippen molar-refractivity contribution in [1.29, 1.82) is 0 Å². The zero-order valence-corrected chi connectivity index (χ0v) is 9.14. The summed E-state index contributed by atoms with van der Waals surface area (Å²) in [5.74, 6) is 0. The van der Waals surface area contributed by atoms with Crippen molar-refractivity contribution in [3.05, 3.63) is 59.8 Å².